The summed E-state index contributed by atoms with van der Waals surface area (Å²) in [6.07, 6.45) is 4.10. The molecule has 3 aromatic carbocycles. The summed E-state index contributed by atoms with van der Waals surface area (Å²) in [5.74, 6) is 0.816. The summed E-state index contributed by atoms with van der Waals surface area (Å²) in [6.45, 7) is 0.865. The molecule has 134 valence electrons. The van der Waals surface area contributed by atoms with Gasteiger partial charge in [0.1, 0.15) is 5.82 Å². The van der Waals surface area contributed by atoms with Crippen molar-refractivity contribution in [3.05, 3.63) is 99.6 Å². The molecule has 6 rings (SSSR count). The lowest BCUT2D eigenvalue weighted by atomic mass is 9.99. The third-order valence-electron chi connectivity index (χ3n) is 6.00. The molecule has 0 radical (unpaired) electrons. The van der Waals surface area contributed by atoms with E-state index in [0.717, 1.165) is 36.3 Å². The van der Waals surface area contributed by atoms with Crippen LogP contribution in [0.1, 0.15) is 28.9 Å². The number of rotatable bonds is 1. The maximum atomic E-state index is 12.5. The summed E-state index contributed by atoms with van der Waals surface area (Å²) in [6, 6.07) is 22.9. The number of benzene rings is 3. The Labute approximate surface area is 162 Å². The molecule has 0 amide bonds. The van der Waals surface area contributed by atoms with Gasteiger partial charge in [0.05, 0.1) is 10.9 Å². The van der Waals surface area contributed by atoms with Crippen LogP contribution in [0, 0.1) is 0 Å². The van der Waals surface area contributed by atoms with Crippen LogP contribution >= 0.6 is 0 Å². The second-order valence-electron chi connectivity index (χ2n) is 7.54. The molecule has 0 fully saturated rings. The Hall–Kier alpha value is -3.46. The predicted octanol–water partition coefficient (Wildman–Crippen LogP) is 4.91. The van der Waals surface area contributed by atoms with Crippen molar-refractivity contribution in [3.63, 3.8) is 0 Å². The molecule has 0 atom stereocenters. The normalized spacial score (nSPS) is 15.6. The average Bonchev–Trinajstić information content (AvgIpc) is 3.31. The Morgan fingerprint density at radius 1 is 0.893 bits per heavy atom. The topological polar surface area (TPSA) is 34.9 Å². The van der Waals surface area contributed by atoms with Gasteiger partial charge in [-0.2, -0.15) is 4.98 Å². The SMILES string of the molecule is O=c1nc2n(c3ccccc13)CCC2=Cc1cccc2c1Cc1ccccc1-2. The number of nitrogens with zero attached hydrogens (tertiary/aromatic N) is 2. The van der Waals surface area contributed by atoms with E-state index >= 15 is 0 Å². The molecule has 3 nitrogen and oxygen atoms in total. The largest absolute Gasteiger partial charge is 0.325 e. The second-order valence-corrected chi connectivity index (χ2v) is 7.54. The van der Waals surface area contributed by atoms with Gasteiger partial charge in [0.15, 0.2) is 0 Å². The van der Waals surface area contributed by atoms with Crippen molar-refractivity contribution in [1.82, 2.24) is 9.55 Å². The monoisotopic (exact) mass is 362 g/mol. The maximum Gasteiger partial charge on any atom is 0.281 e. The summed E-state index contributed by atoms with van der Waals surface area (Å²) in [7, 11) is 0. The Bertz CT molecular complexity index is 1360. The highest BCUT2D eigenvalue weighted by atomic mass is 16.1. The van der Waals surface area contributed by atoms with Crippen LogP contribution in [-0.4, -0.2) is 9.55 Å². The van der Waals surface area contributed by atoms with Gasteiger partial charge in [-0.25, -0.2) is 0 Å². The average molecular weight is 362 g/mol. The van der Waals surface area contributed by atoms with E-state index in [2.05, 4.69) is 58.1 Å². The number of hydrogen-bond donors (Lipinski definition) is 0. The van der Waals surface area contributed by atoms with E-state index in [1.165, 1.54) is 27.8 Å². The Morgan fingerprint density at radius 3 is 2.68 bits per heavy atom. The first-order chi connectivity index (χ1) is 13.8. The van der Waals surface area contributed by atoms with Crippen LogP contribution in [0.15, 0.2) is 71.5 Å². The zero-order chi connectivity index (χ0) is 18.7. The van der Waals surface area contributed by atoms with Crippen molar-refractivity contribution >= 4 is 22.6 Å². The Morgan fingerprint density at radius 2 is 1.71 bits per heavy atom. The standard InChI is InChI=1S/C25H18N2O/c28-25-21-9-3-4-11-23(21)27-13-12-18(24(27)26-25)14-16-7-5-10-20-19-8-2-1-6-17(19)15-22(16)20/h1-11,14H,12-13,15H2. The molecule has 1 aliphatic heterocycles. The second kappa shape index (κ2) is 5.77. The minimum absolute atomic E-state index is 0.139. The van der Waals surface area contributed by atoms with Crippen molar-refractivity contribution in [2.45, 2.75) is 19.4 Å². The summed E-state index contributed by atoms with van der Waals surface area (Å²) in [4.78, 5) is 17.0. The molecular formula is C25H18N2O. The van der Waals surface area contributed by atoms with Crippen LogP contribution in [-0.2, 0) is 13.0 Å². The van der Waals surface area contributed by atoms with E-state index in [1.54, 1.807) is 0 Å². The van der Waals surface area contributed by atoms with Crippen molar-refractivity contribution in [1.29, 1.82) is 0 Å². The van der Waals surface area contributed by atoms with E-state index in [9.17, 15) is 4.79 Å². The van der Waals surface area contributed by atoms with E-state index in [-0.39, 0.29) is 5.56 Å². The van der Waals surface area contributed by atoms with Crippen LogP contribution < -0.4 is 5.56 Å². The summed E-state index contributed by atoms with van der Waals surface area (Å²) in [5.41, 5.74) is 8.64. The van der Waals surface area contributed by atoms with E-state index < -0.39 is 0 Å². The molecular weight excluding hydrogens is 344 g/mol. The summed E-state index contributed by atoms with van der Waals surface area (Å²) in [5, 5.41) is 0.698. The molecule has 0 unspecified atom stereocenters. The van der Waals surface area contributed by atoms with Crippen molar-refractivity contribution < 1.29 is 0 Å². The minimum Gasteiger partial charge on any atom is -0.325 e. The van der Waals surface area contributed by atoms with Crippen LogP contribution in [0.5, 0.6) is 0 Å². The van der Waals surface area contributed by atoms with Gasteiger partial charge in [0.25, 0.3) is 5.56 Å². The van der Waals surface area contributed by atoms with Crippen molar-refractivity contribution in [3.8, 4) is 11.1 Å². The van der Waals surface area contributed by atoms with Crippen LogP contribution in [0.2, 0.25) is 0 Å². The summed E-state index contributed by atoms with van der Waals surface area (Å²) >= 11 is 0. The fourth-order valence-electron chi connectivity index (χ4n) is 4.68. The number of fused-ring (bicyclic) bond motifs is 6. The highest BCUT2D eigenvalue weighted by Crippen LogP contribution is 2.39. The predicted molar refractivity (Wildman–Crippen MR) is 113 cm³/mol. The number of para-hydroxylation sites is 1. The van der Waals surface area contributed by atoms with Crippen LogP contribution in [0.4, 0.5) is 0 Å². The lowest BCUT2D eigenvalue weighted by Gasteiger charge is -2.08. The fraction of sp³-hybridized carbons (Fsp3) is 0.120. The van der Waals surface area contributed by atoms with Gasteiger partial charge in [-0.15, -0.1) is 0 Å². The van der Waals surface area contributed by atoms with Crippen LogP contribution in [0.3, 0.4) is 0 Å². The molecule has 4 aromatic rings. The molecule has 0 spiro atoms. The third-order valence-corrected chi connectivity index (χ3v) is 6.00. The molecule has 3 heteroatoms. The zero-order valence-electron chi connectivity index (χ0n) is 15.4. The lowest BCUT2D eigenvalue weighted by Crippen LogP contribution is -2.14. The zero-order valence-corrected chi connectivity index (χ0v) is 15.4. The molecule has 1 aliphatic carbocycles. The number of allylic oxidation sites excluding steroid dienone is 1. The third kappa shape index (κ3) is 2.16. The van der Waals surface area contributed by atoms with Gasteiger partial charge in [0.2, 0.25) is 0 Å². The van der Waals surface area contributed by atoms with Gasteiger partial charge in [0, 0.05) is 6.54 Å². The first-order valence-corrected chi connectivity index (χ1v) is 9.70. The van der Waals surface area contributed by atoms with E-state index in [1.807, 2.05) is 24.3 Å². The van der Waals surface area contributed by atoms with Gasteiger partial charge in [-0.3, -0.25) is 4.79 Å². The molecule has 28 heavy (non-hydrogen) atoms. The number of aromatic nitrogens is 2. The van der Waals surface area contributed by atoms with Gasteiger partial charge in [-0.05, 0) is 64.4 Å². The van der Waals surface area contributed by atoms with E-state index in [4.69, 9.17) is 0 Å². The molecule has 0 bridgehead atoms. The highest BCUT2D eigenvalue weighted by molar-refractivity contribution is 5.88. The van der Waals surface area contributed by atoms with Gasteiger partial charge in [-0.1, -0.05) is 54.6 Å². The molecule has 0 N–H and O–H groups in total. The maximum absolute atomic E-state index is 12.5. The van der Waals surface area contributed by atoms with Gasteiger partial charge >= 0.3 is 0 Å². The fourth-order valence-corrected chi connectivity index (χ4v) is 4.68. The molecule has 0 saturated carbocycles. The first kappa shape index (κ1) is 15.6. The molecule has 2 aliphatic rings. The number of aryl methyl sites for hydroxylation is 1. The molecule has 2 heterocycles. The van der Waals surface area contributed by atoms with Crippen molar-refractivity contribution in [2.75, 3.05) is 0 Å². The minimum atomic E-state index is -0.139. The lowest BCUT2D eigenvalue weighted by molar-refractivity contribution is 0.772. The Balaban J connectivity index is 1.52. The van der Waals surface area contributed by atoms with Crippen molar-refractivity contribution in [2.24, 2.45) is 0 Å². The Kier molecular flexibility index (Phi) is 3.21. The van der Waals surface area contributed by atoms with E-state index in [0.29, 0.717) is 5.39 Å². The number of hydrogen-bond acceptors (Lipinski definition) is 2. The first-order valence-electron chi connectivity index (χ1n) is 9.70. The van der Waals surface area contributed by atoms with Gasteiger partial charge < -0.3 is 4.57 Å². The smallest absolute Gasteiger partial charge is 0.281 e. The van der Waals surface area contributed by atoms with Crippen LogP contribution in [0.25, 0.3) is 33.7 Å². The molecule has 0 saturated heterocycles. The quantitative estimate of drug-likeness (QED) is 0.425. The summed E-state index contributed by atoms with van der Waals surface area (Å²) < 4.78 is 2.18. The highest BCUT2D eigenvalue weighted by Gasteiger charge is 2.23. The molecule has 1 aromatic heterocycles.